The van der Waals surface area contributed by atoms with Gasteiger partial charge in [0.2, 0.25) is 6.41 Å². The van der Waals surface area contributed by atoms with E-state index in [1.54, 1.807) is 4.90 Å². The first-order valence-corrected chi connectivity index (χ1v) is 5.87. The van der Waals surface area contributed by atoms with Gasteiger partial charge in [0, 0.05) is 32.1 Å². The Balaban J connectivity index is 1.98. The molecule has 1 saturated heterocycles. The molecule has 2 heterocycles. The predicted octanol–water partition coefficient (Wildman–Crippen LogP) is 2.10. The molecule has 0 aliphatic carbocycles. The maximum absolute atomic E-state index is 12.5. The molecule has 1 aromatic rings. The fourth-order valence-corrected chi connectivity index (χ4v) is 1.93. The van der Waals surface area contributed by atoms with Gasteiger partial charge in [0.1, 0.15) is 11.9 Å². The van der Waals surface area contributed by atoms with Crippen molar-refractivity contribution in [3.63, 3.8) is 0 Å². The molecule has 4 nitrogen and oxygen atoms in total. The molecule has 1 aliphatic heterocycles. The Kier molecular flexibility index (Phi) is 3.92. The Morgan fingerprint density at radius 2 is 2.00 bits per heavy atom. The highest BCUT2D eigenvalue weighted by Gasteiger charge is 2.31. The SMILES string of the molecule is O=CN1CCC(Oc2cncc(C(F)(F)F)c2)CC1. The van der Waals surface area contributed by atoms with Crippen LogP contribution in [0.2, 0.25) is 0 Å². The maximum atomic E-state index is 12.5. The van der Waals surface area contributed by atoms with Crippen molar-refractivity contribution < 1.29 is 22.7 Å². The van der Waals surface area contributed by atoms with Crippen LogP contribution in [-0.4, -0.2) is 35.5 Å². The minimum Gasteiger partial charge on any atom is -0.489 e. The van der Waals surface area contributed by atoms with Crippen LogP contribution in [-0.2, 0) is 11.0 Å². The molecule has 2 rings (SSSR count). The van der Waals surface area contributed by atoms with E-state index >= 15 is 0 Å². The third-order valence-electron chi connectivity index (χ3n) is 2.97. The van der Waals surface area contributed by atoms with Gasteiger partial charge in [-0.25, -0.2) is 0 Å². The van der Waals surface area contributed by atoms with Gasteiger partial charge in [-0.3, -0.25) is 9.78 Å². The molecule has 0 radical (unpaired) electrons. The van der Waals surface area contributed by atoms with Crippen LogP contribution in [0.3, 0.4) is 0 Å². The maximum Gasteiger partial charge on any atom is 0.418 e. The lowest BCUT2D eigenvalue weighted by Crippen LogP contribution is -2.37. The number of ether oxygens (including phenoxy) is 1. The van der Waals surface area contributed by atoms with E-state index in [0.717, 1.165) is 18.7 Å². The fourth-order valence-electron chi connectivity index (χ4n) is 1.93. The van der Waals surface area contributed by atoms with Gasteiger partial charge < -0.3 is 9.64 Å². The van der Waals surface area contributed by atoms with Crippen molar-refractivity contribution in [1.82, 2.24) is 9.88 Å². The van der Waals surface area contributed by atoms with E-state index in [1.807, 2.05) is 0 Å². The third-order valence-corrected chi connectivity index (χ3v) is 2.97. The zero-order valence-corrected chi connectivity index (χ0v) is 10.1. The van der Waals surface area contributed by atoms with E-state index in [2.05, 4.69) is 4.98 Å². The Labute approximate surface area is 108 Å². The number of rotatable bonds is 3. The number of aromatic nitrogens is 1. The number of hydrogen-bond acceptors (Lipinski definition) is 3. The monoisotopic (exact) mass is 274 g/mol. The molecule has 1 amide bonds. The summed E-state index contributed by atoms with van der Waals surface area (Å²) in [7, 11) is 0. The van der Waals surface area contributed by atoms with E-state index in [0.29, 0.717) is 25.9 Å². The topological polar surface area (TPSA) is 42.4 Å². The number of carbonyl (C=O) groups excluding carboxylic acids is 1. The smallest absolute Gasteiger partial charge is 0.418 e. The molecule has 0 unspecified atom stereocenters. The summed E-state index contributed by atoms with van der Waals surface area (Å²) in [6.07, 6.45) is -0.593. The molecule has 1 aliphatic rings. The van der Waals surface area contributed by atoms with E-state index in [4.69, 9.17) is 4.74 Å². The van der Waals surface area contributed by atoms with Crippen molar-refractivity contribution in [3.05, 3.63) is 24.0 Å². The number of nitrogens with zero attached hydrogens (tertiary/aromatic N) is 2. The lowest BCUT2D eigenvalue weighted by molar-refractivity contribution is -0.138. The van der Waals surface area contributed by atoms with Gasteiger partial charge in [-0.2, -0.15) is 13.2 Å². The highest BCUT2D eigenvalue weighted by Crippen LogP contribution is 2.31. The molecule has 19 heavy (non-hydrogen) atoms. The summed E-state index contributed by atoms with van der Waals surface area (Å²) in [6, 6.07) is 0.944. The first-order chi connectivity index (χ1) is 8.99. The molecule has 0 saturated carbocycles. The number of alkyl halides is 3. The van der Waals surface area contributed by atoms with Gasteiger partial charge in [0.25, 0.3) is 0 Å². The Morgan fingerprint density at radius 1 is 1.32 bits per heavy atom. The first kappa shape index (κ1) is 13.6. The second kappa shape index (κ2) is 5.46. The normalized spacial score (nSPS) is 17.3. The highest BCUT2D eigenvalue weighted by molar-refractivity contribution is 5.47. The number of carbonyl (C=O) groups is 1. The third kappa shape index (κ3) is 3.59. The van der Waals surface area contributed by atoms with Crippen LogP contribution >= 0.6 is 0 Å². The Morgan fingerprint density at radius 3 is 2.58 bits per heavy atom. The molecule has 104 valence electrons. The molecule has 0 N–H and O–H groups in total. The first-order valence-electron chi connectivity index (χ1n) is 5.87. The van der Waals surface area contributed by atoms with Crippen molar-refractivity contribution in [2.75, 3.05) is 13.1 Å². The van der Waals surface area contributed by atoms with Crippen molar-refractivity contribution in [3.8, 4) is 5.75 Å². The zero-order chi connectivity index (χ0) is 13.9. The summed E-state index contributed by atoms with van der Waals surface area (Å²) in [6.45, 7) is 1.11. The molecule has 1 fully saturated rings. The summed E-state index contributed by atoms with van der Waals surface area (Å²) in [5.74, 6) is 0.111. The van der Waals surface area contributed by atoms with Crippen LogP contribution in [0.25, 0.3) is 0 Å². The quantitative estimate of drug-likeness (QED) is 0.793. The van der Waals surface area contributed by atoms with Crippen LogP contribution in [0.5, 0.6) is 5.75 Å². The molecule has 0 aromatic carbocycles. The molecule has 0 spiro atoms. The zero-order valence-electron chi connectivity index (χ0n) is 10.1. The van der Waals surface area contributed by atoms with Crippen LogP contribution < -0.4 is 4.74 Å². The van der Waals surface area contributed by atoms with Gasteiger partial charge in [0.15, 0.2) is 0 Å². The summed E-state index contributed by atoms with van der Waals surface area (Å²) < 4.78 is 43.0. The van der Waals surface area contributed by atoms with Crippen LogP contribution in [0.15, 0.2) is 18.5 Å². The standard InChI is InChI=1S/C12H13F3N2O2/c13-12(14,15)9-5-11(7-16-6-9)19-10-1-3-17(8-18)4-2-10/h5-8,10H,1-4H2. The largest absolute Gasteiger partial charge is 0.489 e. The van der Waals surface area contributed by atoms with E-state index in [-0.39, 0.29) is 11.9 Å². The number of pyridine rings is 1. The van der Waals surface area contributed by atoms with Crippen molar-refractivity contribution in [1.29, 1.82) is 0 Å². The lowest BCUT2D eigenvalue weighted by atomic mass is 10.1. The second-order valence-electron chi connectivity index (χ2n) is 4.37. The van der Waals surface area contributed by atoms with Gasteiger partial charge in [-0.05, 0) is 6.07 Å². The number of halogens is 3. The van der Waals surface area contributed by atoms with Crippen LogP contribution in [0.4, 0.5) is 13.2 Å². The molecule has 1 aromatic heterocycles. The Bertz CT molecular complexity index is 443. The average molecular weight is 274 g/mol. The summed E-state index contributed by atoms with van der Waals surface area (Å²) in [4.78, 5) is 15.7. The van der Waals surface area contributed by atoms with E-state index in [9.17, 15) is 18.0 Å². The van der Waals surface area contributed by atoms with Crippen LogP contribution in [0.1, 0.15) is 18.4 Å². The highest BCUT2D eigenvalue weighted by atomic mass is 19.4. The summed E-state index contributed by atoms with van der Waals surface area (Å²) in [5, 5.41) is 0. The molecule has 0 atom stereocenters. The molecular formula is C12H13F3N2O2. The number of hydrogen-bond donors (Lipinski definition) is 0. The van der Waals surface area contributed by atoms with Crippen LogP contribution in [0, 0.1) is 0 Å². The van der Waals surface area contributed by atoms with Gasteiger partial charge >= 0.3 is 6.18 Å². The van der Waals surface area contributed by atoms with Gasteiger partial charge in [-0.1, -0.05) is 0 Å². The minimum absolute atomic E-state index is 0.111. The van der Waals surface area contributed by atoms with Crippen molar-refractivity contribution in [2.24, 2.45) is 0 Å². The average Bonchev–Trinajstić information content (AvgIpc) is 2.39. The number of amides is 1. The summed E-state index contributed by atoms with van der Waals surface area (Å²) >= 11 is 0. The van der Waals surface area contributed by atoms with Gasteiger partial charge in [0.05, 0.1) is 11.8 Å². The van der Waals surface area contributed by atoms with Gasteiger partial charge in [-0.15, -0.1) is 0 Å². The van der Waals surface area contributed by atoms with Crippen molar-refractivity contribution in [2.45, 2.75) is 25.1 Å². The summed E-state index contributed by atoms with van der Waals surface area (Å²) in [5.41, 5.74) is -0.824. The van der Waals surface area contributed by atoms with E-state index in [1.165, 1.54) is 6.20 Å². The predicted molar refractivity (Wildman–Crippen MR) is 60.5 cm³/mol. The molecule has 7 heteroatoms. The number of likely N-dealkylation sites (tertiary alicyclic amines) is 1. The Hall–Kier alpha value is -1.79. The minimum atomic E-state index is -4.42. The molecular weight excluding hydrogens is 261 g/mol. The lowest BCUT2D eigenvalue weighted by Gasteiger charge is -2.29. The van der Waals surface area contributed by atoms with Crippen molar-refractivity contribution >= 4 is 6.41 Å². The fraction of sp³-hybridized carbons (Fsp3) is 0.500. The number of piperidine rings is 1. The van der Waals surface area contributed by atoms with E-state index < -0.39 is 11.7 Å². The second-order valence-corrected chi connectivity index (χ2v) is 4.37. The molecule has 0 bridgehead atoms.